The highest BCUT2D eigenvalue weighted by Crippen LogP contribution is 2.25. The second-order valence-electron chi connectivity index (χ2n) is 2.92. The van der Waals surface area contributed by atoms with E-state index in [0.29, 0.717) is 5.75 Å². The van der Waals surface area contributed by atoms with E-state index in [-0.39, 0.29) is 0 Å². The highest BCUT2D eigenvalue weighted by Gasteiger charge is 1.97. The normalized spacial score (nSPS) is 10.3. The molecule has 0 saturated carbocycles. The number of phenols is 1. The Morgan fingerprint density at radius 2 is 2.21 bits per heavy atom. The molecule has 0 aliphatic carbocycles. The molecule has 0 saturated heterocycles. The number of rotatable bonds is 3. The molecule has 0 bridgehead atoms. The van der Waals surface area contributed by atoms with Crippen molar-refractivity contribution in [1.29, 1.82) is 0 Å². The van der Waals surface area contributed by atoms with E-state index in [0.717, 1.165) is 16.2 Å². The average molecular weight is 206 g/mol. The van der Waals surface area contributed by atoms with Crippen LogP contribution in [0.25, 0.3) is 0 Å². The Hall–Kier alpha value is -1.35. The second-order valence-corrected chi connectivity index (χ2v) is 3.97. The zero-order valence-corrected chi connectivity index (χ0v) is 8.33. The van der Waals surface area contributed by atoms with Crippen LogP contribution in [0.15, 0.2) is 52.2 Å². The van der Waals surface area contributed by atoms with Crippen molar-refractivity contribution in [3.05, 3.63) is 48.4 Å². The minimum Gasteiger partial charge on any atom is -0.508 e. The Labute approximate surface area is 86.6 Å². The first kappa shape index (κ1) is 9.21. The fourth-order valence-corrected chi connectivity index (χ4v) is 1.99. The average Bonchev–Trinajstić information content (AvgIpc) is 2.67. The van der Waals surface area contributed by atoms with Crippen molar-refractivity contribution in [3.63, 3.8) is 0 Å². The molecule has 0 unspecified atom stereocenters. The monoisotopic (exact) mass is 206 g/mol. The van der Waals surface area contributed by atoms with Crippen LogP contribution in [-0.2, 0) is 5.75 Å². The van der Waals surface area contributed by atoms with Gasteiger partial charge >= 0.3 is 0 Å². The molecule has 1 N–H and O–H groups in total. The van der Waals surface area contributed by atoms with Crippen LogP contribution in [0.3, 0.4) is 0 Å². The molecule has 3 heteroatoms. The van der Waals surface area contributed by atoms with Gasteiger partial charge in [0.1, 0.15) is 5.75 Å². The molecule has 14 heavy (non-hydrogen) atoms. The van der Waals surface area contributed by atoms with E-state index in [9.17, 15) is 5.11 Å². The molecule has 0 fully saturated rings. The third kappa shape index (κ3) is 2.33. The molecule has 72 valence electrons. The van der Waals surface area contributed by atoms with Crippen LogP contribution >= 0.6 is 11.8 Å². The lowest BCUT2D eigenvalue weighted by Crippen LogP contribution is -1.75. The smallest absolute Gasteiger partial charge is 0.116 e. The lowest BCUT2D eigenvalue weighted by Gasteiger charge is -1.99. The summed E-state index contributed by atoms with van der Waals surface area (Å²) in [7, 11) is 0. The first-order valence-electron chi connectivity index (χ1n) is 4.27. The third-order valence-corrected chi connectivity index (χ3v) is 2.87. The fraction of sp³-hybridized carbons (Fsp3) is 0.0909. The number of phenolic OH excluding ortho intramolecular Hbond substituents is 1. The van der Waals surface area contributed by atoms with Gasteiger partial charge in [-0.3, -0.25) is 0 Å². The third-order valence-electron chi connectivity index (χ3n) is 1.80. The number of furan rings is 1. The summed E-state index contributed by atoms with van der Waals surface area (Å²) >= 11 is 1.67. The van der Waals surface area contributed by atoms with E-state index in [1.165, 1.54) is 0 Å². The molecule has 0 amide bonds. The van der Waals surface area contributed by atoms with Gasteiger partial charge in [-0.15, -0.1) is 11.8 Å². The molecule has 2 nitrogen and oxygen atoms in total. The van der Waals surface area contributed by atoms with Gasteiger partial charge in [0.05, 0.1) is 12.5 Å². The summed E-state index contributed by atoms with van der Waals surface area (Å²) in [4.78, 5) is 1.06. The van der Waals surface area contributed by atoms with Crippen LogP contribution in [0.5, 0.6) is 5.75 Å². The van der Waals surface area contributed by atoms with Crippen molar-refractivity contribution in [2.24, 2.45) is 0 Å². The number of hydrogen-bond acceptors (Lipinski definition) is 3. The van der Waals surface area contributed by atoms with Gasteiger partial charge in [0, 0.05) is 16.2 Å². The van der Waals surface area contributed by atoms with Gasteiger partial charge in [-0.1, -0.05) is 6.07 Å². The largest absolute Gasteiger partial charge is 0.508 e. The van der Waals surface area contributed by atoms with E-state index >= 15 is 0 Å². The Bertz CT molecular complexity index is 395. The van der Waals surface area contributed by atoms with E-state index in [1.807, 2.05) is 18.2 Å². The predicted octanol–water partition coefficient (Wildman–Crippen LogP) is 3.28. The molecular formula is C11H10O2S. The van der Waals surface area contributed by atoms with Gasteiger partial charge < -0.3 is 9.52 Å². The first-order valence-corrected chi connectivity index (χ1v) is 5.26. The van der Waals surface area contributed by atoms with Gasteiger partial charge in [-0.25, -0.2) is 0 Å². The van der Waals surface area contributed by atoms with E-state index in [1.54, 1.807) is 36.4 Å². The second kappa shape index (κ2) is 4.24. The van der Waals surface area contributed by atoms with Crippen molar-refractivity contribution >= 4 is 11.8 Å². The molecule has 0 aliphatic rings. The summed E-state index contributed by atoms with van der Waals surface area (Å²) < 4.78 is 4.96. The quantitative estimate of drug-likeness (QED) is 0.782. The summed E-state index contributed by atoms with van der Waals surface area (Å²) in [6.07, 6.45) is 3.40. The van der Waals surface area contributed by atoms with Crippen LogP contribution in [0.4, 0.5) is 0 Å². The maximum atomic E-state index is 9.24. The molecule has 1 heterocycles. The van der Waals surface area contributed by atoms with E-state index in [2.05, 4.69) is 0 Å². The zero-order chi connectivity index (χ0) is 9.80. The first-order chi connectivity index (χ1) is 6.84. The predicted molar refractivity (Wildman–Crippen MR) is 56.4 cm³/mol. The number of hydrogen-bond donors (Lipinski definition) is 1. The van der Waals surface area contributed by atoms with Crippen LogP contribution < -0.4 is 0 Å². The van der Waals surface area contributed by atoms with Crippen LogP contribution in [0, 0.1) is 0 Å². The van der Waals surface area contributed by atoms with Crippen molar-refractivity contribution < 1.29 is 9.52 Å². The molecule has 2 aromatic rings. The molecule has 0 spiro atoms. The molecular weight excluding hydrogens is 196 g/mol. The highest BCUT2D eigenvalue weighted by molar-refractivity contribution is 7.98. The Morgan fingerprint density at radius 1 is 1.29 bits per heavy atom. The van der Waals surface area contributed by atoms with Crippen molar-refractivity contribution in [2.75, 3.05) is 0 Å². The lowest BCUT2D eigenvalue weighted by molar-refractivity contribution is 0.474. The summed E-state index contributed by atoms with van der Waals surface area (Å²) in [5.41, 5.74) is 1.15. The summed E-state index contributed by atoms with van der Waals surface area (Å²) in [5.74, 6) is 1.17. The molecule has 0 radical (unpaired) electrons. The molecule has 2 rings (SSSR count). The van der Waals surface area contributed by atoms with Gasteiger partial charge in [0.25, 0.3) is 0 Å². The number of aromatic hydroxyl groups is 1. The molecule has 0 aliphatic heterocycles. The van der Waals surface area contributed by atoms with Crippen molar-refractivity contribution in [1.82, 2.24) is 0 Å². The minimum absolute atomic E-state index is 0.308. The lowest BCUT2D eigenvalue weighted by atomic mass is 10.3. The molecule has 0 atom stereocenters. The molecule has 1 aromatic heterocycles. The SMILES string of the molecule is Oc1cccc(SCc2ccoc2)c1. The fourth-order valence-electron chi connectivity index (χ4n) is 1.11. The maximum Gasteiger partial charge on any atom is 0.116 e. The zero-order valence-electron chi connectivity index (χ0n) is 7.51. The van der Waals surface area contributed by atoms with Crippen LogP contribution in [0.1, 0.15) is 5.56 Å². The van der Waals surface area contributed by atoms with Gasteiger partial charge in [-0.2, -0.15) is 0 Å². The van der Waals surface area contributed by atoms with E-state index in [4.69, 9.17) is 4.42 Å². The summed E-state index contributed by atoms with van der Waals surface area (Å²) in [6, 6.07) is 9.18. The highest BCUT2D eigenvalue weighted by atomic mass is 32.2. The number of thioether (sulfide) groups is 1. The van der Waals surface area contributed by atoms with Gasteiger partial charge in [-0.05, 0) is 24.3 Å². The Balaban J connectivity index is 1.98. The van der Waals surface area contributed by atoms with Gasteiger partial charge in [0.2, 0.25) is 0 Å². The van der Waals surface area contributed by atoms with Crippen molar-refractivity contribution in [2.45, 2.75) is 10.6 Å². The molecule has 1 aromatic carbocycles. The van der Waals surface area contributed by atoms with Crippen molar-refractivity contribution in [3.8, 4) is 5.75 Å². The Kier molecular flexibility index (Phi) is 2.79. The standard InChI is InChI=1S/C11H10O2S/c12-10-2-1-3-11(6-10)14-8-9-4-5-13-7-9/h1-7,12H,8H2. The van der Waals surface area contributed by atoms with Crippen LogP contribution in [0.2, 0.25) is 0 Å². The van der Waals surface area contributed by atoms with E-state index < -0.39 is 0 Å². The summed E-state index contributed by atoms with van der Waals surface area (Å²) in [6.45, 7) is 0. The minimum atomic E-state index is 0.308. The Morgan fingerprint density at radius 3 is 2.93 bits per heavy atom. The maximum absolute atomic E-state index is 9.24. The van der Waals surface area contributed by atoms with Gasteiger partial charge in [0.15, 0.2) is 0 Å². The topological polar surface area (TPSA) is 33.4 Å². The number of benzene rings is 1. The summed E-state index contributed by atoms with van der Waals surface area (Å²) in [5, 5.41) is 9.24. The van der Waals surface area contributed by atoms with Crippen LogP contribution in [-0.4, -0.2) is 5.11 Å².